The monoisotopic (exact) mass is 349 g/mol. The smallest absolute Gasteiger partial charge is 0.330 e. The van der Waals surface area contributed by atoms with Gasteiger partial charge in [0, 0.05) is 20.1 Å². The largest absolute Gasteiger partial charge is 0.392 e. The van der Waals surface area contributed by atoms with E-state index in [1.165, 1.54) is 0 Å². The average molecular weight is 349 g/mol. The highest BCUT2D eigenvalue weighted by Gasteiger charge is 2.30. The summed E-state index contributed by atoms with van der Waals surface area (Å²) in [5, 5.41) is 10.1. The molecule has 25 heavy (non-hydrogen) atoms. The molecule has 2 aromatic heterocycles. The van der Waals surface area contributed by atoms with Gasteiger partial charge in [-0.05, 0) is 32.2 Å². The van der Waals surface area contributed by atoms with Crippen molar-refractivity contribution in [3.05, 3.63) is 26.7 Å². The Morgan fingerprint density at radius 1 is 1.40 bits per heavy atom. The van der Waals surface area contributed by atoms with Crippen LogP contribution in [-0.4, -0.2) is 48.8 Å². The van der Waals surface area contributed by atoms with Crippen LogP contribution in [0.1, 0.15) is 38.4 Å². The summed E-state index contributed by atoms with van der Waals surface area (Å²) in [5.74, 6) is 1.13. The fourth-order valence-electron chi connectivity index (χ4n) is 3.21. The van der Waals surface area contributed by atoms with Crippen molar-refractivity contribution in [3.63, 3.8) is 0 Å². The highest BCUT2D eigenvalue weighted by Crippen LogP contribution is 2.32. The van der Waals surface area contributed by atoms with Crippen LogP contribution in [0.3, 0.4) is 0 Å². The topological polar surface area (TPSA) is 96.2 Å². The lowest BCUT2D eigenvalue weighted by Gasteiger charge is -2.19. The molecule has 1 unspecified atom stereocenters. The predicted molar refractivity (Wildman–Crippen MR) is 95.6 cm³/mol. The Balaban J connectivity index is 1.90. The number of aromatic amines is 1. The maximum Gasteiger partial charge on any atom is 0.330 e. The van der Waals surface area contributed by atoms with E-state index in [9.17, 15) is 14.7 Å². The molecule has 1 saturated carbocycles. The first-order chi connectivity index (χ1) is 11.9. The van der Waals surface area contributed by atoms with Crippen molar-refractivity contribution in [2.24, 2.45) is 13.0 Å². The number of aliphatic hydroxyl groups excluding tert-OH is 1. The molecule has 0 saturated heterocycles. The van der Waals surface area contributed by atoms with Crippen LogP contribution >= 0.6 is 0 Å². The molecule has 8 heteroatoms. The molecule has 1 fully saturated rings. The van der Waals surface area contributed by atoms with Crippen LogP contribution in [0.4, 0.5) is 0 Å². The normalized spacial score (nSPS) is 16.0. The first-order valence-electron chi connectivity index (χ1n) is 8.97. The summed E-state index contributed by atoms with van der Waals surface area (Å²) < 4.78 is 3.29. The summed E-state index contributed by atoms with van der Waals surface area (Å²) >= 11 is 0. The maximum absolute atomic E-state index is 12.2. The van der Waals surface area contributed by atoms with Gasteiger partial charge in [0.15, 0.2) is 11.2 Å². The molecular formula is C17H27N5O3. The van der Waals surface area contributed by atoms with Gasteiger partial charge in [-0.15, -0.1) is 0 Å². The zero-order chi connectivity index (χ0) is 18.1. The number of rotatable bonds is 8. The van der Waals surface area contributed by atoms with Crippen LogP contribution in [0, 0.1) is 5.92 Å². The van der Waals surface area contributed by atoms with E-state index in [4.69, 9.17) is 0 Å². The number of imidazole rings is 1. The Hall–Kier alpha value is -1.93. The van der Waals surface area contributed by atoms with E-state index in [1.54, 1.807) is 16.2 Å². The highest BCUT2D eigenvalue weighted by atomic mass is 16.3. The van der Waals surface area contributed by atoms with E-state index in [0.717, 1.165) is 25.7 Å². The Morgan fingerprint density at radius 2 is 2.12 bits per heavy atom. The zero-order valence-corrected chi connectivity index (χ0v) is 15.2. The summed E-state index contributed by atoms with van der Waals surface area (Å²) in [6.45, 7) is 3.68. The number of aromatic nitrogens is 4. The van der Waals surface area contributed by atoms with Crippen molar-refractivity contribution in [1.82, 2.24) is 24.0 Å². The van der Waals surface area contributed by atoms with Gasteiger partial charge in [0.25, 0.3) is 5.56 Å². The van der Waals surface area contributed by atoms with E-state index in [0.29, 0.717) is 42.5 Å². The van der Waals surface area contributed by atoms with Crippen LogP contribution in [0.2, 0.25) is 0 Å². The Morgan fingerprint density at radius 3 is 2.76 bits per heavy atom. The van der Waals surface area contributed by atoms with Crippen molar-refractivity contribution in [3.8, 4) is 0 Å². The Bertz CT molecular complexity index is 862. The number of hydrogen-bond acceptors (Lipinski definition) is 5. The number of aryl methyl sites for hydroxylation is 2. The maximum atomic E-state index is 12.2. The number of fused-ring (bicyclic) bond motifs is 1. The van der Waals surface area contributed by atoms with E-state index in [1.807, 2.05) is 11.9 Å². The van der Waals surface area contributed by atoms with Crippen molar-refractivity contribution in [2.45, 2.75) is 51.8 Å². The molecule has 0 aromatic carbocycles. The van der Waals surface area contributed by atoms with E-state index in [-0.39, 0.29) is 6.10 Å². The van der Waals surface area contributed by atoms with Crippen molar-refractivity contribution >= 4 is 11.2 Å². The third-order valence-electron chi connectivity index (χ3n) is 4.92. The number of likely N-dealkylation sites (N-methyl/N-ethyl adjacent to an activating group) is 1. The predicted octanol–water partition coefficient (Wildman–Crippen LogP) is 0.426. The number of unbranched alkanes of at least 4 members (excludes halogenated alkanes) is 1. The molecule has 138 valence electrons. The molecule has 0 spiro atoms. The average Bonchev–Trinajstić information content (AvgIpc) is 3.33. The summed E-state index contributed by atoms with van der Waals surface area (Å²) in [7, 11) is 3.72. The molecule has 2 aromatic rings. The number of nitrogens with zero attached hydrogens (tertiary/aromatic N) is 4. The third kappa shape index (κ3) is 3.69. The van der Waals surface area contributed by atoms with Crippen molar-refractivity contribution < 1.29 is 5.11 Å². The van der Waals surface area contributed by atoms with Gasteiger partial charge in [-0.3, -0.25) is 19.2 Å². The molecule has 1 atom stereocenters. The molecular weight excluding hydrogens is 322 g/mol. The second-order valence-corrected chi connectivity index (χ2v) is 7.13. The lowest BCUT2D eigenvalue weighted by Crippen LogP contribution is -2.31. The third-order valence-corrected chi connectivity index (χ3v) is 4.92. The first kappa shape index (κ1) is 17.9. The summed E-state index contributed by atoms with van der Waals surface area (Å²) in [5.41, 5.74) is 0.0421. The quantitative estimate of drug-likeness (QED) is 0.720. The van der Waals surface area contributed by atoms with Gasteiger partial charge in [-0.2, -0.15) is 0 Å². The molecule has 2 heterocycles. The fraction of sp³-hybridized carbons (Fsp3) is 0.706. The van der Waals surface area contributed by atoms with Gasteiger partial charge >= 0.3 is 5.69 Å². The van der Waals surface area contributed by atoms with Crippen molar-refractivity contribution in [2.75, 3.05) is 13.6 Å². The highest BCUT2D eigenvalue weighted by molar-refractivity contribution is 5.70. The molecule has 1 aliphatic rings. The molecule has 0 aliphatic heterocycles. The SMILES string of the molecule is CCCCn1c(=O)[nH]c(=O)c2c1nc(CN(C)CC(O)C1CC1)n2C. The number of hydrogen-bond donors (Lipinski definition) is 2. The molecule has 2 N–H and O–H groups in total. The molecule has 0 radical (unpaired) electrons. The van der Waals surface area contributed by atoms with Crippen LogP contribution in [0.5, 0.6) is 0 Å². The zero-order valence-electron chi connectivity index (χ0n) is 15.2. The van der Waals surface area contributed by atoms with Crippen LogP contribution in [-0.2, 0) is 20.1 Å². The Labute approximate surface area is 146 Å². The standard InChI is InChI=1S/C17H27N5O3/c1-4-5-8-22-15-14(16(24)19-17(22)25)21(3)13(18-15)10-20(2)9-12(23)11-6-7-11/h11-12,23H,4-10H2,1-3H3,(H,19,24,25). The van der Waals surface area contributed by atoms with Crippen LogP contribution < -0.4 is 11.2 Å². The van der Waals surface area contributed by atoms with Crippen molar-refractivity contribution in [1.29, 1.82) is 0 Å². The minimum atomic E-state index is -0.409. The van der Waals surface area contributed by atoms with Gasteiger partial charge in [0.05, 0.1) is 12.6 Å². The summed E-state index contributed by atoms with van der Waals surface area (Å²) in [6.07, 6.45) is 3.68. The Kier molecular flexibility index (Phi) is 5.10. The molecule has 3 rings (SSSR count). The van der Waals surface area contributed by atoms with Gasteiger partial charge in [-0.25, -0.2) is 9.78 Å². The van der Waals surface area contributed by atoms with Gasteiger partial charge < -0.3 is 9.67 Å². The van der Waals surface area contributed by atoms with E-state index < -0.39 is 11.2 Å². The van der Waals surface area contributed by atoms with Gasteiger partial charge in [-0.1, -0.05) is 13.3 Å². The summed E-state index contributed by atoms with van der Waals surface area (Å²) in [6, 6.07) is 0. The van der Waals surface area contributed by atoms with Crippen LogP contribution in [0.25, 0.3) is 11.2 Å². The fourth-order valence-corrected chi connectivity index (χ4v) is 3.21. The second kappa shape index (κ2) is 7.13. The number of nitrogens with one attached hydrogen (secondary N) is 1. The molecule has 0 amide bonds. The minimum absolute atomic E-state index is 0.314. The molecule has 1 aliphatic carbocycles. The second-order valence-electron chi connectivity index (χ2n) is 7.13. The van der Waals surface area contributed by atoms with Gasteiger partial charge in [0.1, 0.15) is 5.82 Å². The first-order valence-corrected chi connectivity index (χ1v) is 8.97. The minimum Gasteiger partial charge on any atom is -0.392 e. The lowest BCUT2D eigenvalue weighted by molar-refractivity contribution is 0.103. The number of H-pyrrole nitrogens is 1. The van der Waals surface area contributed by atoms with Crippen LogP contribution in [0.15, 0.2) is 9.59 Å². The van der Waals surface area contributed by atoms with E-state index in [2.05, 4.69) is 16.9 Å². The number of aliphatic hydroxyl groups is 1. The molecule has 0 bridgehead atoms. The van der Waals surface area contributed by atoms with E-state index >= 15 is 0 Å². The molecule has 8 nitrogen and oxygen atoms in total. The van der Waals surface area contributed by atoms with Gasteiger partial charge in [0.2, 0.25) is 0 Å². The lowest BCUT2D eigenvalue weighted by atomic mass is 10.2. The summed E-state index contributed by atoms with van der Waals surface area (Å²) in [4.78, 5) is 33.4.